The molecule has 0 unspecified atom stereocenters. The second-order valence-electron chi connectivity index (χ2n) is 4.42. The Hall–Kier alpha value is -1.10. The number of aliphatic carboxylic acids is 1. The third-order valence-corrected chi connectivity index (χ3v) is 3.14. The second kappa shape index (κ2) is 7.27. The highest BCUT2D eigenvalue weighted by Crippen LogP contribution is 2.26. The fourth-order valence-corrected chi connectivity index (χ4v) is 2.26. The Kier molecular flexibility index (Phi) is 5.97. The molecular formula is C12H21NO4. The van der Waals surface area contributed by atoms with Crippen molar-refractivity contribution < 1.29 is 19.4 Å². The number of carbonyl (C=O) groups is 2. The van der Waals surface area contributed by atoms with Crippen LogP contribution >= 0.6 is 0 Å². The molecule has 0 saturated heterocycles. The molecular weight excluding hydrogens is 222 g/mol. The summed E-state index contributed by atoms with van der Waals surface area (Å²) < 4.78 is 4.96. The van der Waals surface area contributed by atoms with E-state index in [1.54, 1.807) is 6.92 Å². The Bertz CT molecular complexity index is 261. The van der Waals surface area contributed by atoms with Crippen molar-refractivity contribution in [2.75, 3.05) is 13.2 Å². The maximum absolute atomic E-state index is 11.5. The van der Waals surface area contributed by atoms with E-state index in [0.717, 1.165) is 32.1 Å². The standard InChI is InChI=1S/C12H21NO4/c1-2-17-8-10(14)13-11(12(15)16)9-6-4-3-5-7-9/h9,11H,2-8H2,1H3,(H,13,14)(H,15,16)/t11-/m1/s1. The first-order valence-electron chi connectivity index (χ1n) is 6.25. The highest BCUT2D eigenvalue weighted by Gasteiger charge is 2.30. The number of amides is 1. The molecule has 0 aliphatic heterocycles. The largest absolute Gasteiger partial charge is 0.480 e. The first-order chi connectivity index (χ1) is 8.15. The molecule has 0 bridgehead atoms. The van der Waals surface area contributed by atoms with Gasteiger partial charge in [0.05, 0.1) is 0 Å². The van der Waals surface area contributed by atoms with Gasteiger partial charge in [0.15, 0.2) is 0 Å². The molecule has 1 saturated carbocycles. The van der Waals surface area contributed by atoms with E-state index >= 15 is 0 Å². The molecule has 5 nitrogen and oxygen atoms in total. The molecule has 0 aromatic heterocycles. The lowest BCUT2D eigenvalue weighted by atomic mass is 9.84. The molecule has 0 radical (unpaired) electrons. The molecule has 5 heteroatoms. The Morgan fingerprint density at radius 2 is 2.00 bits per heavy atom. The summed E-state index contributed by atoms with van der Waals surface area (Å²) in [5.74, 6) is -1.22. The van der Waals surface area contributed by atoms with Crippen LogP contribution in [0.1, 0.15) is 39.0 Å². The number of ether oxygens (including phenoxy) is 1. The van der Waals surface area contributed by atoms with Crippen molar-refractivity contribution in [2.45, 2.75) is 45.1 Å². The summed E-state index contributed by atoms with van der Waals surface area (Å²) in [7, 11) is 0. The Balaban J connectivity index is 2.47. The van der Waals surface area contributed by atoms with E-state index in [9.17, 15) is 9.59 Å². The third-order valence-electron chi connectivity index (χ3n) is 3.14. The predicted molar refractivity (Wildman–Crippen MR) is 62.6 cm³/mol. The van der Waals surface area contributed by atoms with Gasteiger partial charge in [-0.25, -0.2) is 4.79 Å². The fraction of sp³-hybridized carbons (Fsp3) is 0.833. The van der Waals surface area contributed by atoms with Crippen LogP contribution in [0, 0.1) is 5.92 Å². The van der Waals surface area contributed by atoms with Gasteiger partial charge < -0.3 is 15.2 Å². The van der Waals surface area contributed by atoms with Gasteiger partial charge in [0.2, 0.25) is 5.91 Å². The van der Waals surface area contributed by atoms with Gasteiger partial charge >= 0.3 is 5.97 Å². The van der Waals surface area contributed by atoms with Crippen LogP contribution in [0.3, 0.4) is 0 Å². The van der Waals surface area contributed by atoms with E-state index in [-0.39, 0.29) is 18.4 Å². The summed E-state index contributed by atoms with van der Waals surface area (Å²) in [6.07, 6.45) is 5.03. The molecule has 0 spiro atoms. The molecule has 0 aromatic rings. The monoisotopic (exact) mass is 243 g/mol. The molecule has 1 atom stereocenters. The molecule has 1 fully saturated rings. The van der Waals surface area contributed by atoms with Gasteiger partial charge in [-0.15, -0.1) is 0 Å². The minimum atomic E-state index is -0.943. The molecule has 98 valence electrons. The van der Waals surface area contributed by atoms with Crippen LogP contribution in [0.25, 0.3) is 0 Å². The van der Waals surface area contributed by atoms with Gasteiger partial charge in [0, 0.05) is 6.61 Å². The molecule has 1 rings (SSSR count). The van der Waals surface area contributed by atoms with Crippen molar-refractivity contribution in [3.05, 3.63) is 0 Å². The predicted octanol–water partition coefficient (Wildman–Crippen LogP) is 1.17. The van der Waals surface area contributed by atoms with Crippen molar-refractivity contribution in [3.8, 4) is 0 Å². The SMILES string of the molecule is CCOCC(=O)N[C@@H](C(=O)O)C1CCCCC1. The maximum atomic E-state index is 11.5. The molecule has 1 amide bonds. The first kappa shape index (κ1) is 14.0. The minimum absolute atomic E-state index is 0.0619. The first-order valence-corrected chi connectivity index (χ1v) is 6.25. The van der Waals surface area contributed by atoms with E-state index in [1.165, 1.54) is 0 Å². The summed E-state index contributed by atoms with van der Waals surface area (Å²) in [6, 6.07) is -0.761. The van der Waals surface area contributed by atoms with Crippen LogP contribution in [0.4, 0.5) is 0 Å². The van der Waals surface area contributed by atoms with Gasteiger partial charge in [-0.05, 0) is 25.7 Å². The van der Waals surface area contributed by atoms with Gasteiger partial charge in [-0.1, -0.05) is 19.3 Å². The topological polar surface area (TPSA) is 75.6 Å². The van der Waals surface area contributed by atoms with Gasteiger partial charge in [0.25, 0.3) is 0 Å². The van der Waals surface area contributed by atoms with Crippen LogP contribution in [-0.2, 0) is 14.3 Å². The number of carboxylic acid groups (broad SMARTS) is 1. The fourth-order valence-electron chi connectivity index (χ4n) is 2.26. The Morgan fingerprint density at radius 3 is 2.53 bits per heavy atom. The molecule has 0 heterocycles. The number of carbonyl (C=O) groups excluding carboxylic acids is 1. The van der Waals surface area contributed by atoms with Crippen molar-refractivity contribution in [2.24, 2.45) is 5.92 Å². The lowest BCUT2D eigenvalue weighted by Gasteiger charge is -2.27. The molecule has 1 aliphatic rings. The van der Waals surface area contributed by atoms with Crippen LogP contribution in [0.2, 0.25) is 0 Å². The van der Waals surface area contributed by atoms with Gasteiger partial charge in [-0.2, -0.15) is 0 Å². The van der Waals surface area contributed by atoms with Crippen molar-refractivity contribution in [3.63, 3.8) is 0 Å². The summed E-state index contributed by atoms with van der Waals surface area (Å²) >= 11 is 0. The van der Waals surface area contributed by atoms with E-state index < -0.39 is 12.0 Å². The van der Waals surface area contributed by atoms with Gasteiger partial charge in [0.1, 0.15) is 12.6 Å². The van der Waals surface area contributed by atoms with E-state index in [0.29, 0.717) is 6.61 Å². The van der Waals surface area contributed by atoms with Crippen LogP contribution < -0.4 is 5.32 Å². The molecule has 1 aliphatic carbocycles. The highest BCUT2D eigenvalue weighted by molar-refractivity contribution is 5.84. The minimum Gasteiger partial charge on any atom is -0.480 e. The zero-order valence-corrected chi connectivity index (χ0v) is 10.3. The zero-order valence-electron chi connectivity index (χ0n) is 10.3. The molecule has 17 heavy (non-hydrogen) atoms. The normalized spacial score (nSPS) is 18.6. The maximum Gasteiger partial charge on any atom is 0.326 e. The lowest BCUT2D eigenvalue weighted by molar-refractivity contribution is -0.144. The Morgan fingerprint density at radius 1 is 1.35 bits per heavy atom. The van der Waals surface area contributed by atoms with E-state index in [1.807, 2.05) is 0 Å². The third kappa shape index (κ3) is 4.73. The number of hydrogen-bond acceptors (Lipinski definition) is 3. The van der Waals surface area contributed by atoms with Crippen LogP contribution in [0.5, 0.6) is 0 Å². The zero-order chi connectivity index (χ0) is 12.7. The summed E-state index contributed by atoms with van der Waals surface area (Å²) in [5, 5.41) is 11.7. The number of carboxylic acids is 1. The second-order valence-corrected chi connectivity index (χ2v) is 4.42. The number of hydrogen-bond donors (Lipinski definition) is 2. The Labute approximate surface area is 102 Å². The summed E-state index contributed by atoms with van der Waals surface area (Å²) in [6.45, 7) is 2.19. The van der Waals surface area contributed by atoms with Crippen LogP contribution in [0.15, 0.2) is 0 Å². The van der Waals surface area contributed by atoms with Crippen molar-refractivity contribution in [1.82, 2.24) is 5.32 Å². The quantitative estimate of drug-likeness (QED) is 0.734. The molecule has 0 aromatic carbocycles. The van der Waals surface area contributed by atoms with Crippen molar-refractivity contribution in [1.29, 1.82) is 0 Å². The average molecular weight is 243 g/mol. The number of nitrogens with one attached hydrogen (secondary N) is 1. The van der Waals surface area contributed by atoms with E-state index in [2.05, 4.69) is 5.32 Å². The smallest absolute Gasteiger partial charge is 0.326 e. The van der Waals surface area contributed by atoms with Gasteiger partial charge in [-0.3, -0.25) is 4.79 Å². The van der Waals surface area contributed by atoms with Crippen LogP contribution in [-0.4, -0.2) is 36.2 Å². The average Bonchev–Trinajstić information content (AvgIpc) is 2.34. The van der Waals surface area contributed by atoms with Crippen molar-refractivity contribution >= 4 is 11.9 Å². The highest BCUT2D eigenvalue weighted by atomic mass is 16.5. The number of rotatable bonds is 6. The molecule has 2 N–H and O–H groups in total. The summed E-state index contributed by atoms with van der Waals surface area (Å²) in [4.78, 5) is 22.6. The summed E-state index contributed by atoms with van der Waals surface area (Å²) in [5.41, 5.74) is 0. The lowest BCUT2D eigenvalue weighted by Crippen LogP contribution is -2.47. The van der Waals surface area contributed by atoms with E-state index in [4.69, 9.17) is 9.84 Å².